The maximum atomic E-state index is 11.4. The van der Waals surface area contributed by atoms with E-state index in [1.807, 2.05) is 13.0 Å². The van der Waals surface area contributed by atoms with E-state index in [1.54, 1.807) is 12.4 Å². The number of carbonyl (C=O) groups excluding carboxylic acids is 2. The van der Waals surface area contributed by atoms with E-state index in [4.69, 9.17) is 0 Å². The number of nitrogens with one attached hydrogen (secondary N) is 1. The molecule has 0 aliphatic carbocycles. The number of ketones is 1. The fourth-order valence-electron chi connectivity index (χ4n) is 1.10. The first-order valence-corrected chi connectivity index (χ1v) is 4.79. The molecule has 0 bridgehead atoms. The van der Waals surface area contributed by atoms with E-state index in [2.05, 4.69) is 10.3 Å². The molecule has 0 saturated heterocycles. The van der Waals surface area contributed by atoms with E-state index in [9.17, 15) is 9.59 Å². The molecule has 0 saturated carbocycles. The Labute approximate surface area is 88.7 Å². The lowest BCUT2D eigenvalue weighted by molar-refractivity contribution is -0.121. The summed E-state index contributed by atoms with van der Waals surface area (Å²) in [5, 5.41) is 2.71. The van der Waals surface area contributed by atoms with Crippen LogP contribution >= 0.6 is 0 Å². The molecule has 1 rings (SSSR count). The van der Waals surface area contributed by atoms with Crippen molar-refractivity contribution in [1.82, 2.24) is 4.98 Å². The number of aryl methyl sites for hydroxylation is 1. The first kappa shape index (κ1) is 11.4. The number of aromatic nitrogens is 1. The first-order chi connectivity index (χ1) is 7.09. The third-order valence-corrected chi connectivity index (χ3v) is 2.02. The molecule has 0 aromatic carbocycles. The van der Waals surface area contributed by atoms with Gasteiger partial charge in [-0.1, -0.05) is 0 Å². The third kappa shape index (κ3) is 3.89. The van der Waals surface area contributed by atoms with Crippen molar-refractivity contribution in [3.63, 3.8) is 0 Å². The van der Waals surface area contributed by atoms with E-state index >= 15 is 0 Å². The van der Waals surface area contributed by atoms with Gasteiger partial charge in [0.2, 0.25) is 5.91 Å². The lowest BCUT2D eigenvalue weighted by Gasteiger charge is -2.06. The van der Waals surface area contributed by atoms with Gasteiger partial charge in [0.05, 0.1) is 11.9 Å². The van der Waals surface area contributed by atoms with Gasteiger partial charge in [0.15, 0.2) is 0 Å². The highest BCUT2D eigenvalue weighted by Gasteiger charge is 2.05. The standard InChI is InChI=1S/C11H14N2O2/c1-8-5-6-12-7-10(8)13-11(15)4-3-9(2)14/h5-7H,3-4H2,1-2H3,(H,13,15). The van der Waals surface area contributed by atoms with Gasteiger partial charge in [0.1, 0.15) is 5.78 Å². The molecule has 0 aliphatic heterocycles. The van der Waals surface area contributed by atoms with Crippen LogP contribution in [0, 0.1) is 6.92 Å². The maximum Gasteiger partial charge on any atom is 0.224 e. The lowest BCUT2D eigenvalue weighted by atomic mass is 10.2. The Kier molecular flexibility index (Phi) is 3.97. The summed E-state index contributed by atoms with van der Waals surface area (Å²) in [6.45, 7) is 3.37. The average molecular weight is 206 g/mol. The van der Waals surface area contributed by atoms with Gasteiger partial charge in [-0.2, -0.15) is 0 Å². The molecule has 1 N–H and O–H groups in total. The maximum absolute atomic E-state index is 11.4. The highest BCUT2D eigenvalue weighted by Crippen LogP contribution is 2.11. The van der Waals surface area contributed by atoms with Gasteiger partial charge in [0.25, 0.3) is 0 Å². The monoisotopic (exact) mass is 206 g/mol. The summed E-state index contributed by atoms with van der Waals surface area (Å²) in [4.78, 5) is 26.0. The van der Waals surface area contributed by atoms with Gasteiger partial charge in [-0.05, 0) is 25.5 Å². The Morgan fingerprint density at radius 3 is 2.73 bits per heavy atom. The molecular weight excluding hydrogens is 192 g/mol. The van der Waals surface area contributed by atoms with Crippen LogP contribution in [0.15, 0.2) is 18.5 Å². The van der Waals surface area contributed by atoms with Gasteiger partial charge < -0.3 is 10.1 Å². The van der Waals surface area contributed by atoms with E-state index in [1.165, 1.54) is 6.92 Å². The summed E-state index contributed by atoms with van der Waals surface area (Å²) >= 11 is 0. The van der Waals surface area contributed by atoms with Crippen LogP contribution in [0.5, 0.6) is 0 Å². The minimum Gasteiger partial charge on any atom is -0.324 e. The van der Waals surface area contributed by atoms with Crippen LogP contribution in [-0.2, 0) is 9.59 Å². The van der Waals surface area contributed by atoms with Crippen molar-refractivity contribution in [3.05, 3.63) is 24.0 Å². The van der Waals surface area contributed by atoms with Gasteiger partial charge >= 0.3 is 0 Å². The summed E-state index contributed by atoms with van der Waals surface area (Å²) in [6, 6.07) is 1.82. The zero-order chi connectivity index (χ0) is 11.3. The Bertz CT molecular complexity index is 375. The minimum atomic E-state index is -0.152. The van der Waals surface area contributed by atoms with E-state index in [0.29, 0.717) is 5.69 Å². The molecule has 80 valence electrons. The molecule has 0 aliphatic rings. The molecule has 1 heterocycles. The fourth-order valence-corrected chi connectivity index (χ4v) is 1.10. The predicted molar refractivity (Wildman–Crippen MR) is 57.5 cm³/mol. The summed E-state index contributed by atoms with van der Waals surface area (Å²) in [5.74, 6) is -0.130. The molecule has 4 nitrogen and oxygen atoms in total. The van der Waals surface area contributed by atoms with Crippen LogP contribution < -0.4 is 5.32 Å². The van der Waals surface area contributed by atoms with Gasteiger partial charge in [0, 0.05) is 19.0 Å². The molecule has 1 amide bonds. The van der Waals surface area contributed by atoms with Crippen molar-refractivity contribution >= 4 is 17.4 Å². The fraction of sp³-hybridized carbons (Fsp3) is 0.364. The van der Waals surface area contributed by atoms with Crippen molar-refractivity contribution in [2.45, 2.75) is 26.7 Å². The van der Waals surface area contributed by atoms with Crippen LogP contribution in [0.1, 0.15) is 25.3 Å². The zero-order valence-electron chi connectivity index (χ0n) is 8.91. The minimum absolute atomic E-state index is 0.0214. The molecule has 0 atom stereocenters. The van der Waals surface area contributed by atoms with Crippen molar-refractivity contribution in [3.8, 4) is 0 Å². The molecule has 0 unspecified atom stereocenters. The van der Waals surface area contributed by atoms with Crippen LogP contribution in [0.3, 0.4) is 0 Å². The van der Waals surface area contributed by atoms with Crippen molar-refractivity contribution in [2.24, 2.45) is 0 Å². The van der Waals surface area contributed by atoms with Crippen LogP contribution in [0.25, 0.3) is 0 Å². The summed E-state index contributed by atoms with van der Waals surface area (Å²) in [6.07, 6.45) is 3.77. The van der Waals surface area contributed by atoms with Crippen LogP contribution in [0.2, 0.25) is 0 Å². The van der Waals surface area contributed by atoms with Crippen molar-refractivity contribution in [2.75, 3.05) is 5.32 Å². The van der Waals surface area contributed by atoms with Crippen LogP contribution in [-0.4, -0.2) is 16.7 Å². The molecule has 0 fully saturated rings. The Balaban J connectivity index is 2.52. The number of Topliss-reactive ketones (excluding diaryl/α,β-unsaturated/α-hetero) is 1. The molecule has 1 aromatic heterocycles. The number of nitrogens with zero attached hydrogens (tertiary/aromatic N) is 1. The second-order valence-electron chi connectivity index (χ2n) is 3.44. The normalized spacial score (nSPS) is 9.73. The Morgan fingerprint density at radius 2 is 2.13 bits per heavy atom. The molecule has 0 spiro atoms. The third-order valence-electron chi connectivity index (χ3n) is 2.02. The molecule has 15 heavy (non-hydrogen) atoms. The predicted octanol–water partition coefficient (Wildman–Crippen LogP) is 1.70. The SMILES string of the molecule is CC(=O)CCC(=O)Nc1cnccc1C. The van der Waals surface area contributed by atoms with Crippen molar-refractivity contribution < 1.29 is 9.59 Å². The topological polar surface area (TPSA) is 59.1 Å². The summed E-state index contributed by atoms with van der Waals surface area (Å²) in [7, 11) is 0. The zero-order valence-corrected chi connectivity index (χ0v) is 8.91. The molecule has 0 radical (unpaired) electrons. The number of carbonyl (C=O) groups is 2. The quantitative estimate of drug-likeness (QED) is 0.815. The highest BCUT2D eigenvalue weighted by atomic mass is 16.2. The summed E-state index contributed by atoms with van der Waals surface area (Å²) < 4.78 is 0. The second-order valence-corrected chi connectivity index (χ2v) is 3.44. The Morgan fingerprint density at radius 1 is 1.40 bits per heavy atom. The number of anilines is 1. The highest BCUT2D eigenvalue weighted by molar-refractivity contribution is 5.93. The molecule has 4 heteroatoms. The molecular formula is C11H14N2O2. The second kappa shape index (κ2) is 5.24. The number of pyridine rings is 1. The van der Waals surface area contributed by atoms with Crippen LogP contribution in [0.4, 0.5) is 5.69 Å². The lowest BCUT2D eigenvalue weighted by Crippen LogP contribution is -2.13. The Hall–Kier alpha value is -1.71. The average Bonchev–Trinajstić information content (AvgIpc) is 2.18. The largest absolute Gasteiger partial charge is 0.324 e. The molecule has 1 aromatic rings. The van der Waals surface area contributed by atoms with Crippen molar-refractivity contribution in [1.29, 1.82) is 0 Å². The smallest absolute Gasteiger partial charge is 0.224 e. The number of amides is 1. The number of hydrogen-bond donors (Lipinski definition) is 1. The van der Waals surface area contributed by atoms with E-state index in [0.717, 1.165) is 5.56 Å². The number of hydrogen-bond acceptors (Lipinski definition) is 3. The van der Waals surface area contributed by atoms with Gasteiger partial charge in [-0.3, -0.25) is 9.78 Å². The van der Waals surface area contributed by atoms with E-state index < -0.39 is 0 Å². The first-order valence-electron chi connectivity index (χ1n) is 4.79. The summed E-state index contributed by atoms with van der Waals surface area (Å²) in [5.41, 5.74) is 1.66. The van der Waals surface area contributed by atoms with Gasteiger partial charge in [-0.25, -0.2) is 0 Å². The number of rotatable bonds is 4. The van der Waals surface area contributed by atoms with E-state index in [-0.39, 0.29) is 24.5 Å². The van der Waals surface area contributed by atoms with Gasteiger partial charge in [-0.15, -0.1) is 0 Å².